The molecular formula is C24H30N2O5. The zero-order valence-corrected chi connectivity index (χ0v) is 17.8. The van der Waals surface area contributed by atoms with Crippen molar-refractivity contribution < 1.29 is 24.2 Å². The molecule has 7 nitrogen and oxygen atoms in total. The van der Waals surface area contributed by atoms with Gasteiger partial charge in [-0.05, 0) is 35.7 Å². The SMILES string of the molecule is O=C(COC(=O)c1cc2ccccc2cc1O)NCC1(N2CCOCC2)CCCCC1. The second kappa shape index (κ2) is 9.66. The summed E-state index contributed by atoms with van der Waals surface area (Å²) < 4.78 is 10.7. The fourth-order valence-corrected chi connectivity index (χ4v) is 4.77. The first-order valence-corrected chi connectivity index (χ1v) is 11.1. The van der Waals surface area contributed by atoms with Gasteiger partial charge >= 0.3 is 5.97 Å². The molecule has 1 aliphatic carbocycles. The number of carbonyl (C=O) groups is 2. The summed E-state index contributed by atoms with van der Waals surface area (Å²) in [5.74, 6) is -1.19. The summed E-state index contributed by atoms with van der Waals surface area (Å²) >= 11 is 0. The van der Waals surface area contributed by atoms with Gasteiger partial charge in [-0.15, -0.1) is 0 Å². The van der Waals surface area contributed by atoms with Crippen molar-refractivity contribution in [3.8, 4) is 5.75 Å². The van der Waals surface area contributed by atoms with Crippen molar-refractivity contribution in [1.29, 1.82) is 0 Å². The number of esters is 1. The number of fused-ring (bicyclic) bond motifs is 1. The van der Waals surface area contributed by atoms with E-state index in [1.165, 1.54) is 12.5 Å². The minimum absolute atomic E-state index is 0.0433. The van der Waals surface area contributed by atoms with Gasteiger partial charge in [0.2, 0.25) is 0 Å². The molecule has 1 saturated heterocycles. The van der Waals surface area contributed by atoms with E-state index in [1.807, 2.05) is 24.3 Å². The minimum Gasteiger partial charge on any atom is -0.507 e. The minimum atomic E-state index is -0.709. The molecular weight excluding hydrogens is 396 g/mol. The molecule has 2 N–H and O–H groups in total. The number of ether oxygens (including phenoxy) is 2. The third kappa shape index (κ3) is 4.99. The summed E-state index contributed by atoms with van der Waals surface area (Å²) in [6.45, 7) is 3.39. The zero-order chi connectivity index (χ0) is 21.7. The number of nitrogens with one attached hydrogen (secondary N) is 1. The molecule has 0 radical (unpaired) electrons. The van der Waals surface area contributed by atoms with Crippen LogP contribution >= 0.6 is 0 Å². The quantitative estimate of drug-likeness (QED) is 0.691. The van der Waals surface area contributed by atoms with E-state index in [4.69, 9.17) is 9.47 Å². The third-order valence-electron chi connectivity index (χ3n) is 6.50. The Morgan fingerprint density at radius 3 is 2.45 bits per heavy atom. The summed E-state index contributed by atoms with van der Waals surface area (Å²) in [6, 6.07) is 10.5. The second-order valence-electron chi connectivity index (χ2n) is 8.45. The van der Waals surface area contributed by atoms with E-state index in [2.05, 4.69) is 10.2 Å². The van der Waals surface area contributed by atoms with Crippen LogP contribution in [0.25, 0.3) is 10.8 Å². The van der Waals surface area contributed by atoms with Gasteiger partial charge in [0.05, 0.1) is 13.2 Å². The fourth-order valence-electron chi connectivity index (χ4n) is 4.77. The van der Waals surface area contributed by atoms with Gasteiger partial charge in [-0.1, -0.05) is 43.5 Å². The molecule has 31 heavy (non-hydrogen) atoms. The van der Waals surface area contributed by atoms with Gasteiger partial charge in [0.15, 0.2) is 6.61 Å². The molecule has 166 valence electrons. The Bertz CT molecular complexity index is 933. The molecule has 0 spiro atoms. The molecule has 1 amide bonds. The fraction of sp³-hybridized carbons (Fsp3) is 0.500. The predicted octanol–water partition coefficient (Wildman–Crippen LogP) is 2.85. The first-order chi connectivity index (χ1) is 15.1. The lowest BCUT2D eigenvalue weighted by Crippen LogP contribution is -2.59. The number of benzene rings is 2. The van der Waals surface area contributed by atoms with Crippen molar-refractivity contribution in [3.63, 3.8) is 0 Å². The Balaban J connectivity index is 1.34. The standard InChI is InChI=1S/C24H30N2O5/c27-21-15-19-7-3-2-6-18(19)14-20(21)23(29)31-16-22(28)25-17-24(8-4-1-5-9-24)26-10-12-30-13-11-26/h2-3,6-7,14-15,27H,1,4-5,8-13,16-17H2,(H,25,28). The lowest BCUT2D eigenvalue weighted by Gasteiger charge is -2.48. The van der Waals surface area contributed by atoms with Crippen LogP contribution in [0, 0.1) is 0 Å². The Morgan fingerprint density at radius 1 is 1.06 bits per heavy atom. The van der Waals surface area contributed by atoms with Crippen molar-refractivity contribution in [2.45, 2.75) is 37.6 Å². The highest BCUT2D eigenvalue weighted by atomic mass is 16.5. The van der Waals surface area contributed by atoms with Gasteiger partial charge in [0.1, 0.15) is 11.3 Å². The van der Waals surface area contributed by atoms with Gasteiger partial charge in [-0.2, -0.15) is 0 Å². The van der Waals surface area contributed by atoms with Crippen LogP contribution in [-0.2, 0) is 14.3 Å². The largest absolute Gasteiger partial charge is 0.507 e. The zero-order valence-electron chi connectivity index (χ0n) is 17.8. The summed E-state index contributed by atoms with van der Waals surface area (Å²) in [7, 11) is 0. The maximum atomic E-state index is 12.4. The third-order valence-corrected chi connectivity index (χ3v) is 6.50. The van der Waals surface area contributed by atoms with E-state index in [9.17, 15) is 14.7 Å². The van der Waals surface area contributed by atoms with Gasteiger partial charge in [-0.3, -0.25) is 9.69 Å². The maximum absolute atomic E-state index is 12.4. The lowest BCUT2D eigenvalue weighted by molar-refractivity contribution is -0.125. The first kappa shape index (κ1) is 21.6. The van der Waals surface area contributed by atoms with Gasteiger partial charge in [-0.25, -0.2) is 4.79 Å². The molecule has 2 aromatic rings. The van der Waals surface area contributed by atoms with E-state index in [0.717, 1.165) is 62.8 Å². The van der Waals surface area contributed by atoms with Gasteiger partial charge in [0.25, 0.3) is 5.91 Å². The van der Waals surface area contributed by atoms with Crippen molar-refractivity contribution in [3.05, 3.63) is 42.0 Å². The van der Waals surface area contributed by atoms with Crippen LogP contribution < -0.4 is 5.32 Å². The molecule has 1 heterocycles. The Hall–Kier alpha value is -2.64. The molecule has 0 atom stereocenters. The molecule has 0 aromatic heterocycles. The topological polar surface area (TPSA) is 88.1 Å². The number of amides is 1. The summed E-state index contributed by atoms with van der Waals surface area (Å²) in [5.41, 5.74) is 0.0155. The molecule has 7 heteroatoms. The van der Waals surface area contributed by atoms with Crippen molar-refractivity contribution in [2.75, 3.05) is 39.5 Å². The Morgan fingerprint density at radius 2 is 1.74 bits per heavy atom. The highest BCUT2D eigenvalue weighted by molar-refractivity contribution is 5.99. The van der Waals surface area contributed by atoms with Crippen molar-refractivity contribution in [2.24, 2.45) is 0 Å². The van der Waals surface area contributed by atoms with Crippen molar-refractivity contribution >= 4 is 22.6 Å². The number of carbonyl (C=O) groups excluding carboxylic acids is 2. The van der Waals surface area contributed by atoms with Crippen LogP contribution in [0.3, 0.4) is 0 Å². The highest BCUT2D eigenvalue weighted by Crippen LogP contribution is 2.34. The lowest BCUT2D eigenvalue weighted by atomic mass is 9.79. The monoisotopic (exact) mass is 426 g/mol. The maximum Gasteiger partial charge on any atom is 0.342 e. The number of morpholine rings is 1. The van der Waals surface area contributed by atoms with E-state index in [1.54, 1.807) is 6.07 Å². The number of rotatable bonds is 6. The molecule has 1 aliphatic heterocycles. The van der Waals surface area contributed by atoms with Crippen LogP contribution in [0.2, 0.25) is 0 Å². The van der Waals surface area contributed by atoms with E-state index >= 15 is 0 Å². The summed E-state index contributed by atoms with van der Waals surface area (Å²) in [4.78, 5) is 27.3. The second-order valence-corrected chi connectivity index (χ2v) is 8.45. The number of aromatic hydroxyl groups is 1. The predicted molar refractivity (Wildman–Crippen MR) is 117 cm³/mol. The van der Waals surface area contributed by atoms with Crippen LogP contribution in [-0.4, -0.2) is 66.9 Å². The van der Waals surface area contributed by atoms with Crippen molar-refractivity contribution in [1.82, 2.24) is 10.2 Å². The number of phenols is 1. The van der Waals surface area contributed by atoms with Crippen LogP contribution in [0.5, 0.6) is 5.75 Å². The number of hydrogen-bond acceptors (Lipinski definition) is 6. The van der Waals surface area contributed by atoms with Crippen LogP contribution in [0.1, 0.15) is 42.5 Å². The molecule has 0 bridgehead atoms. The van der Waals surface area contributed by atoms with Gasteiger partial charge in [0, 0.05) is 25.2 Å². The van der Waals surface area contributed by atoms with E-state index in [-0.39, 0.29) is 29.4 Å². The van der Waals surface area contributed by atoms with Crippen LogP contribution in [0.4, 0.5) is 0 Å². The average molecular weight is 427 g/mol. The summed E-state index contributed by atoms with van der Waals surface area (Å²) in [5, 5.41) is 14.8. The van der Waals surface area contributed by atoms with Gasteiger partial charge < -0.3 is 19.9 Å². The number of hydrogen-bond donors (Lipinski definition) is 2. The Labute approximate surface area is 182 Å². The average Bonchev–Trinajstić information content (AvgIpc) is 2.82. The normalized spacial score (nSPS) is 19.1. The number of phenolic OH excluding ortho intramolecular Hbond substituents is 1. The molecule has 2 aliphatic rings. The molecule has 4 rings (SSSR count). The van der Waals surface area contributed by atoms with E-state index < -0.39 is 5.97 Å². The smallest absolute Gasteiger partial charge is 0.342 e. The highest BCUT2D eigenvalue weighted by Gasteiger charge is 2.38. The molecule has 0 unspecified atom stereocenters. The molecule has 1 saturated carbocycles. The molecule has 2 aromatic carbocycles. The first-order valence-electron chi connectivity index (χ1n) is 11.1. The molecule has 2 fully saturated rings. The van der Waals surface area contributed by atoms with Crippen LogP contribution in [0.15, 0.2) is 36.4 Å². The summed E-state index contributed by atoms with van der Waals surface area (Å²) in [6.07, 6.45) is 5.65. The Kier molecular flexibility index (Phi) is 6.73. The number of nitrogens with zero attached hydrogens (tertiary/aromatic N) is 1. The van der Waals surface area contributed by atoms with E-state index in [0.29, 0.717) is 6.54 Å².